The van der Waals surface area contributed by atoms with Crippen molar-refractivity contribution in [3.8, 4) is 0 Å². The van der Waals surface area contributed by atoms with Crippen LogP contribution in [0.15, 0.2) is 47.1 Å². The molecule has 0 aliphatic carbocycles. The number of carbonyl (C=O) groups is 2. The zero-order valence-corrected chi connectivity index (χ0v) is 13.8. The molecular formula is C17H18ClN3O3. The highest BCUT2D eigenvalue weighted by atomic mass is 35.5. The summed E-state index contributed by atoms with van der Waals surface area (Å²) in [5, 5.41) is 3.74. The normalized spacial score (nSPS) is 14.5. The lowest BCUT2D eigenvalue weighted by atomic mass is 10.2. The average Bonchev–Trinajstić information content (AvgIpc) is 3.15. The lowest BCUT2D eigenvalue weighted by Gasteiger charge is -2.34. The summed E-state index contributed by atoms with van der Waals surface area (Å²) in [5.74, 6) is 0.209. The molecule has 1 aromatic heterocycles. The highest BCUT2D eigenvalue weighted by Gasteiger charge is 2.25. The second kappa shape index (κ2) is 7.40. The van der Waals surface area contributed by atoms with Crippen molar-refractivity contribution in [1.29, 1.82) is 0 Å². The van der Waals surface area contributed by atoms with Crippen LogP contribution in [-0.2, 0) is 4.79 Å². The van der Waals surface area contributed by atoms with Crippen LogP contribution in [0.3, 0.4) is 0 Å². The summed E-state index contributed by atoms with van der Waals surface area (Å²) < 4.78 is 5.13. The van der Waals surface area contributed by atoms with Crippen LogP contribution in [0.2, 0.25) is 5.02 Å². The molecule has 1 N–H and O–H groups in total. The van der Waals surface area contributed by atoms with E-state index in [0.29, 0.717) is 37.0 Å². The van der Waals surface area contributed by atoms with E-state index < -0.39 is 0 Å². The van der Waals surface area contributed by atoms with E-state index in [1.165, 1.54) is 6.26 Å². The van der Waals surface area contributed by atoms with Gasteiger partial charge in [-0.3, -0.25) is 9.59 Å². The Morgan fingerprint density at radius 1 is 1.04 bits per heavy atom. The molecule has 7 heteroatoms. The summed E-state index contributed by atoms with van der Waals surface area (Å²) in [6, 6.07) is 10.5. The van der Waals surface area contributed by atoms with Crippen molar-refractivity contribution in [1.82, 2.24) is 9.80 Å². The van der Waals surface area contributed by atoms with Crippen LogP contribution in [0.1, 0.15) is 10.6 Å². The number of rotatable bonds is 4. The summed E-state index contributed by atoms with van der Waals surface area (Å²) in [6.45, 7) is 2.27. The first-order valence-corrected chi connectivity index (χ1v) is 8.11. The number of halogens is 1. The van der Waals surface area contributed by atoms with Crippen LogP contribution >= 0.6 is 11.6 Å². The maximum absolute atomic E-state index is 12.3. The van der Waals surface area contributed by atoms with Crippen LogP contribution in [0, 0.1) is 0 Å². The molecule has 3 rings (SSSR count). The minimum absolute atomic E-state index is 0.00930. The Bertz CT molecular complexity index is 692. The van der Waals surface area contributed by atoms with Gasteiger partial charge in [0.2, 0.25) is 5.91 Å². The third-order valence-electron chi connectivity index (χ3n) is 3.94. The third kappa shape index (κ3) is 3.89. The Morgan fingerprint density at radius 3 is 2.33 bits per heavy atom. The lowest BCUT2D eigenvalue weighted by molar-refractivity contribution is -0.130. The number of benzene rings is 1. The van der Waals surface area contributed by atoms with Gasteiger partial charge < -0.3 is 19.5 Å². The maximum atomic E-state index is 12.3. The Balaban J connectivity index is 1.46. The molecule has 2 aromatic rings. The molecule has 1 fully saturated rings. The van der Waals surface area contributed by atoms with Crippen molar-refractivity contribution in [3.05, 3.63) is 53.4 Å². The van der Waals surface area contributed by atoms with Gasteiger partial charge in [-0.15, -0.1) is 0 Å². The van der Waals surface area contributed by atoms with E-state index in [-0.39, 0.29) is 18.4 Å². The molecule has 2 amide bonds. The molecule has 1 aliphatic heterocycles. The number of nitrogens with zero attached hydrogens (tertiary/aromatic N) is 2. The van der Waals surface area contributed by atoms with Gasteiger partial charge in [0.05, 0.1) is 12.8 Å². The quantitative estimate of drug-likeness (QED) is 0.921. The molecule has 1 aliphatic rings. The highest BCUT2D eigenvalue weighted by molar-refractivity contribution is 6.30. The van der Waals surface area contributed by atoms with E-state index in [4.69, 9.17) is 16.0 Å². The van der Waals surface area contributed by atoms with Crippen molar-refractivity contribution in [3.63, 3.8) is 0 Å². The van der Waals surface area contributed by atoms with E-state index >= 15 is 0 Å². The zero-order valence-electron chi connectivity index (χ0n) is 13.1. The molecule has 0 saturated carbocycles. The van der Waals surface area contributed by atoms with Crippen LogP contribution in [0.25, 0.3) is 0 Å². The van der Waals surface area contributed by atoms with E-state index in [0.717, 1.165) is 5.69 Å². The molecule has 0 radical (unpaired) electrons. The Hall–Kier alpha value is -2.47. The van der Waals surface area contributed by atoms with Gasteiger partial charge in [-0.25, -0.2) is 0 Å². The molecule has 1 saturated heterocycles. The number of amides is 2. The largest absolute Gasteiger partial charge is 0.459 e. The van der Waals surface area contributed by atoms with Crippen LogP contribution in [-0.4, -0.2) is 54.3 Å². The number of carbonyl (C=O) groups excluding carboxylic acids is 2. The molecule has 2 heterocycles. The standard InChI is InChI=1S/C17H18ClN3O3/c18-13-3-5-14(6-4-13)19-12-16(22)20-7-9-21(10-8-20)17(23)15-2-1-11-24-15/h1-6,11,19H,7-10,12H2. The number of nitrogens with one attached hydrogen (secondary N) is 1. The zero-order chi connectivity index (χ0) is 16.9. The SMILES string of the molecule is O=C(CNc1ccc(Cl)cc1)N1CCN(C(=O)c2ccco2)CC1. The van der Waals surface area contributed by atoms with E-state index in [1.54, 1.807) is 34.1 Å². The van der Waals surface area contributed by atoms with Crippen LogP contribution in [0.5, 0.6) is 0 Å². The van der Waals surface area contributed by atoms with E-state index in [2.05, 4.69) is 5.32 Å². The van der Waals surface area contributed by atoms with Crippen molar-refractivity contribution in [2.45, 2.75) is 0 Å². The first-order valence-electron chi connectivity index (χ1n) is 7.73. The summed E-state index contributed by atoms with van der Waals surface area (Å²) >= 11 is 5.83. The molecule has 0 spiro atoms. The van der Waals surface area contributed by atoms with E-state index in [9.17, 15) is 9.59 Å². The Labute approximate surface area is 145 Å². The number of furan rings is 1. The van der Waals surface area contributed by atoms with Crippen molar-refractivity contribution in [2.75, 3.05) is 38.0 Å². The highest BCUT2D eigenvalue weighted by Crippen LogP contribution is 2.13. The minimum atomic E-state index is -0.133. The van der Waals surface area contributed by atoms with Gasteiger partial charge >= 0.3 is 0 Å². The Morgan fingerprint density at radius 2 is 1.71 bits per heavy atom. The number of piperazine rings is 1. The summed E-state index contributed by atoms with van der Waals surface area (Å²) in [6.07, 6.45) is 1.48. The molecule has 0 atom stereocenters. The van der Waals surface area contributed by atoms with E-state index in [1.807, 2.05) is 12.1 Å². The van der Waals surface area contributed by atoms with Crippen molar-refractivity contribution < 1.29 is 14.0 Å². The molecule has 24 heavy (non-hydrogen) atoms. The van der Waals surface area contributed by atoms with Gasteiger partial charge in [0, 0.05) is 36.9 Å². The van der Waals surface area contributed by atoms with Crippen molar-refractivity contribution in [2.24, 2.45) is 0 Å². The fourth-order valence-corrected chi connectivity index (χ4v) is 2.70. The predicted molar refractivity (Wildman–Crippen MR) is 91.1 cm³/mol. The van der Waals surface area contributed by atoms with Gasteiger partial charge in [0.25, 0.3) is 5.91 Å². The first-order chi connectivity index (χ1) is 11.6. The predicted octanol–water partition coefficient (Wildman–Crippen LogP) is 2.33. The average molecular weight is 348 g/mol. The molecule has 6 nitrogen and oxygen atoms in total. The minimum Gasteiger partial charge on any atom is -0.459 e. The van der Waals surface area contributed by atoms with Gasteiger partial charge in [0.15, 0.2) is 5.76 Å². The van der Waals surface area contributed by atoms with Gasteiger partial charge in [-0.2, -0.15) is 0 Å². The van der Waals surface area contributed by atoms with Crippen molar-refractivity contribution >= 4 is 29.1 Å². The topological polar surface area (TPSA) is 65.8 Å². The maximum Gasteiger partial charge on any atom is 0.289 e. The smallest absolute Gasteiger partial charge is 0.289 e. The summed E-state index contributed by atoms with van der Waals surface area (Å²) in [4.78, 5) is 27.9. The second-order valence-corrected chi connectivity index (χ2v) is 5.95. The summed E-state index contributed by atoms with van der Waals surface area (Å²) in [5.41, 5.74) is 0.847. The van der Waals surface area contributed by atoms with Crippen LogP contribution < -0.4 is 5.32 Å². The lowest BCUT2D eigenvalue weighted by Crippen LogP contribution is -2.51. The first kappa shape index (κ1) is 16.4. The van der Waals surface area contributed by atoms with Gasteiger partial charge in [-0.05, 0) is 36.4 Å². The van der Waals surface area contributed by atoms with Gasteiger partial charge in [0.1, 0.15) is 0 Å². The van der Waals surface area contributed by atoms with Gasteiger partial charge in [-0.1, -0.05) is 11.6 Å². The molecule has 0 bridgehead atoms. The fraction of sp³-hybridized carbons (Fsp3) is 0.294. The molecule has 126 valence electrons. The second-order valence-electron chi connectivity index (χ2n) is 5.51. The van der Waals surface area contributed by atoms with Crippen LogP contribution in [0.4, 0.5) is 5.69 Å². The third-order valence-corrected chi connectivity index (χ3v) is 4.19. The molecular weight excluding hydrogens is 330 g/mol. The Kier molecular flexibility index (Phi) is 5.05. The number of hydrogen-bond acceptors (Lipinski definition) is 4. The summed E-state index contributed by atoms with van der Waals surface area (Å²) in [7, 11) is 0. The number of hydrogen-bond donors (Lipinski definition) is 1. The monoisotopic (exact) mass is 347 g/mol. The molecule has 0 unspecified atom stereocenters. The fourth-order valence-electron chi connectivity index (χ4n) is 2.57. The molecule has 1 aromatic carbocycles. The number of anilines is 1.